The molecule has 0 aliphatic heterocycles. The summed E-state index contributed by atoms with van der Waals surface area (Å²) in [6.45, 7) is 1.90. The Morgan fingerprint density at radius 2 is 2.05 bits per heavy atom. The molecule has 1 rings (SSSR count). The van der Waals surface area contributed by atoms with Crippen LogP contribution < -0.4 is 10.1 Å². The van der Waals surface area contributed by atoms with Crippen LogP contribution >= 0.6 is 0 Å². The first-order chi connectivity index (χ1) is 9.73. The van der Waals surface area contributed by atoms with Crippen LogP contribution in [0.15, 0.2) is 18.2 Å². The summed E-state index contributed by atoms with van der Waals surface area (Å²) in [6, 6.07) is 2.89. The van der Waals surface area contributed by atoms with E-state index in [9.17, 15) is 22.4 Å². The van der Waals surface area contributed by atoms with E-state index in [0.717, 1.165) is 18.2 Å². The number of hydrogen-bond acceptors (Lipinski definition) is 3. The molecule has 21 heavy (non-hydrogen) atoms. The maximum Gasteiger partial charge on any atom is 0.422 e. The summed E-state index contributed by atoms with van der Waals surface area (Å²) in [6.07, 6.45) is -5.36. The van der Waals surface area contributed by atoms with Crippen molar-refractivity contribution in [2.45, 2.75) is 26.1 Å². The lowest BCUT2D eigenvalue weighted by atomic mass is 10.2. The van der Waals surface area contributed by atoms with E-state index in [2.05, 4.69) is 10.1 Å². The number of carbonyl (C=O) groups excluding carboxylic acids is 1. The van der Waals surface area contributed by atoms with Crippen molar-refractivity contribution in [1.29, 1.82) is 0 Å². The van der Waals surface area contributed by atoms with E-state index >= 15 is 0 Å². The van der Waals surface area contributed by atoms with Gasteiger partial charge in [0.25, 0.3) is 5.91 Å². The molecule has 118 valence electrons. The molecule has 0 aromatic heterocycles. The van der Waals surface area contributed by atoms with E-state index in [1.54, 1.807) is 6.92 Å². The van der Waals surface area contributed by atoms with Crippen molar-refractivity contribution in [3.8, 4) is 5.75 Å². The normalized spacial score (nSPS) is 12.9. The number of alkyl halides is 3. The zero-order chi connectivity index (χ0) is 16.0. The molecule has 0 saturated carbocycles. The predicted molar refractivity (Wildman–Crippen MR) is 67.7 cm³/mol. The third kappa shape index (κ3) is 5.99. The van der Waals surface area contributed by atoms with Gasteiger partial charge in [-0.15, -0.1) is 0 Å². The van der Waals surface area contributed by atoms with Crippen molar-refractivity contribution in [3.63, 3.8) is 0 Å². The molecule has 1 N–H and O–H groups in total. The highest BCUT2D eigenvalue weighted by Gasteiger charge is 2.29. The second-order valence-corrected chi connectivity index (χ2v) is 4.13. The third-order valence-electron chi connectivity index (χ3n) is 2.38. The standard InChI is InChI=1S/C13H15F4NO3/c1-3-20-8(2)12(19)18-10-5-4-9(14)6-11(10)21-7-13(15,16)17/h4-6,8H,3,7H2,1-2H3,(H,18,19)/t8-/m0/s1. The van der Waals surface area contributed by atoms with Gasteiger partial charge in [0.2, 0.25) is 0 Å². The molecule has 1 atom stereocenters. The highest BCUT2D eigenvalue weighted by Crippen LogP contribution is 2.27. The number of anilines is 1. The monoisotopic (exact) mass is 309 g/mol. The summed E-state index contributed by atoms with van der Waals surface area (Å²) in [5, 5.41) is 2.34. The van der Waals surface area contributed by atoms with Gasteiger partial charge in [-0.05, 0) is 26.0 Å². The van der Waals surface area contributed by atoms with Crippen molar-refractivity contribution < 1.29 is 31.8 Å². The van der Waals surface area contributed by atoms with E-state index in [1.165, 1.54) is 6.92 Å². The zero-order valence-electron chi connectivity index (χ0n) is 11.5. The Morgan fingerprint density at radius 3 is 2.62 bits per heavy atom. The van der Waals surface area contributed by atoms with Crippen molar-refractivity contribution in [2.24, 2.45) is 0 Å². The Morgan fingerprint density at radius 1 is 1.38 bits per heavy atom. The number of halogens is 4. The van der Waals surface area contributed by atoms with Gasteiger partial charge in [0.15, 0.2) is 6.61 Å². The molecule has 0 aliphatic carbocycles. The van der Waals surface area contributed by atoms with Crippen molar-refractivity contribution in [2.75, 3.05) is 18.5 Å². The van der Waals surface area contributed by atoms with E-state index < -0.39 is 36.4 Å². The molecule has 4 nitrogen and oxygen atoms in total. The summed E-state index contributed by atoms with van der Waals surface area (Å²) in [4.78, 5) is 11.7. The van der Waals surface area contributed by atoms with E-state index in [4.69, 9.17) is 4.74 Å². The molecule has 1 amide bonds. The van der Waals surface area contributed by atoms with Gasteiger partial charge in [-0.3, -0.25) is 4.79 Å². The fourth-order valence-electron chi connectivity index (χ4n) is 1.44. The highest BCUT2D eigenvalue weighted by molar-refractivity contribution is 5.95. The smallest absolute Gasteiger partial charge is 0.422 e. The van der Waals surface area contributed by atoms with Gasteiger partial charge in [-0.2, -0.15) is 13.2 Å². The lowest BCUT2D eigenvalue weighted by Gasteiger charge is -2.16. The summed E-state index contributed by atoms with van der Waals surface area (Å²) in [5.41, 5.74) is -0.0581. The molecular weight excluding hydrogens is 294 g/mol. The number of ether oxygens (including phenoxy) is 2. The van der Waals surface area contributed by atoms with E-state index in [-0.39, 0.29) is 5.69 Å². The lowest BCUT2D eigenvalue weighted by molar-refractivity contribution is -0.153. The zero-order valence-corrected chi connectivity index (χ0v) is 11.5. The Bertz CT molecular complexity index is 491. The van der Waals surface area contributed by atoms with Crippen LogP contribution in [0.5, 0.6) is 5.75 Å². The van der Waals surface area contributed by atoms with Crippen LogP contribution in [0.4, 0.5) is 23.2 Å². The quantitative estimate of drug-likeness (QED) is 0.821. The van der Waals surface area contributed by atoms with Crippen LogP contribution in [0.1, 0.15) is 13.8 Å². The van der Waals surface area contributed by atoms with Crippen LogP contribution in [-0.4, -0.2) is 31.4 Å². The summed E-state index contributed by atoms with van der Waals surface area (Å²) >= 11 is 0. The molecule has 1 aromatic rings. The maximum absolute atomic E-state index is 13.1. The van der Waals surface area contributed by atoms with Gasteiger partial charge in [0.05, 0.1) is 5.69 Å². The minimum atomic E-state index is -4.56. The van der Waals surface area contributed by atoms with Crippen LogP contribution in [0.25, 0.3) is 0 Å². The largest absolute Gasteiger partial charge is 0.482 e. The lowest BCUT2D eigenvalue weighted by Crippen LogP contribution is -2.28. The number of rotatable bonds is 6. The Hall–Kier alpha value is -1.83. The topological polar surface area (TPSA) is 47.6 Å². The Balaban J connectivity index is 2.84. The van der Waals surface area contributed by atoms with Gasteiger partial charge in [0, 0.05) is 12.7 Å². The first kappa shape index (κ1) is 17.2. The van der Waals surface area contributed by atoms with Crippen LogP contribution in [0.2, 0.25) is 0 Å². The van der Waals surface area contributed by atoms with Gasteiger partial charge >= 0.3 is 6.18 Å². The summed E-state index contributed by atoms with van der Waals surface area (Å²) in [5.74, 6) is -1.74. The molecule has 0 fully saturated rings. The van der Waals surface area contributed by atoms with Crippen molar-refractivity contribution in [1.82, 2.24) is 0 Å². The fourth-order valence-corrected chi connectivity index (χ4v) is 1.44. The molecule has 0 spiro atoms. The Kier molecular flexibility index (Phi) is 5.95. The maximum atomic E-state index is 13.1. The van der Waals surface area contributed by atoms with Crippen LogP contribution in [0, 0.1) is 5.82 Å². The van der Waals surface area contributed by atoms with Crippen molar-refractivity contribution in [3.05, 3.63) is 24.0 Å². The fraction of sp³-hybridized carbons (Fsp3) is 0.462. The summed E-state index contributed by atoms with van der Waals surface area (Å²) in [7, 11) is 0. The van der Waals surface area contributed by atoms with Gasteiger partial charge in [0.1, 0.15) is 17.7 Å². The molecule has 0 radical (unpaired) electrons. The van der Waals surface area contributed by atoms with Gasteiger partial charge in [-0.25, -0.2) is 4.39 Å². The molecule has 0 aliphatic rings. The Labute approximate surface area is 119 Å². The second kappa shape index (κ2) is 7.26. The first-order valence-corrected chi connectivity index (χ1v) is 6.14. The molecular formula is C13H15F4NO3. The number of nitrogens with one attached hydrogen (secondary N) is 1. The van der Waals surface area contributed by atoms with Gasteiger partial charge in [-0.1, -0.05) is 0 Å². The minimum absolute atomic E-state index is 0.0581. The highest BCUT2D eigenvalue weighted by atomic mass is 19.4. The van der Waals surface area contributed by atoms with E-state index in [0.29, 0.717) is 6.61 Å². The molecule has 0 bridgehead atoms. The molecule has 8 heteroatoms. The van der Waals surface area contributed by atoms with E-state index in [1.807, 2.05) is 0 Å². The average molecular weight is 309 g/mol. The number of carbonyl (C=O) groups is 1. The second-order valence-electron chi connectivity index (χ2n) is 4.13. The minimum Gasteiger partial charge on any atom is -0.482 e. The average Bonchev–Trinajstić information content (AvgIpc) is 2.38. The number of benzene rings is 1. The summed E-state index contributed by atoms with van der Waals surface area (Å²) < 4.78 is 59.1. The van der Waals surface area contributed by atoms with Crippen LogP contribution in [0.3, 0.4) is 0 Å². The SMILES string of the molecule is CCO[C@@H](C)C(=O)Nc1ccc(F)cc1OCC(F)(F)F. The molecule has 0 saturated heterocycles. The predicted octanol–water partition coefficient (Wildman–Crippen LogP) is 3.13. The van der Waals surface area contributed by atoms with Gasteiger partial charge < -0.3 is 14.8 Å². The molecule has 1 aromatic carbocycles. The van der Waals surface area contributed by atoms with Crippen LogP contribution in [-0.2, 0) is 9.53 Å². The number of amides is 1. The first-order valence-electron chi connectivity index (χ1n) is 6.14. The third-order valence-corrected chi connectivity index (χ3v) is 2.38. The number of hydrogen-bond donors (Lipinski definition) is 1. The molecule has 0 unspecified atom stereocenters. The van der Waals surface area contributed by atoms with Crippen molar-refractivity contribution >= 4 is 11.6 Å². The molecule has 0 heterocycles.